The van der Waals surface area contributed by atoms with Crippen molar-refractivity contribution in [2.75, 3.05) is 13.7 Å². The van der Waals surface area contributed by atoms with Crippen molar-refractivity contribution < 1.29 is 19.0 Å². The highest BCUT2D eigenvalue weighted by Crippen LogP contribution is 2.42. The Labute approximate surface area is 282 Å². The maximum Gasteiger partial charge on any atom is 0.354 e. The van der Waals surface area contributed by atoms with Crippen LogP contribution < -0.4 is 4.74 Å². The number of aryl methyl sites for hydroxylation is 4. The van der Waals surface area contributed by atoms with Gasteiger partial charge in [-0.05, 0) is 55.0 Å². The second-order valence-electron chi connectivity index (χ2n) is 11.9. The van der Waals surface area contributed by atoms with E-state index in [0.29, 0.717) is 36.8 Å². The summed E-state index contributed by atoms with van der Waals surface area (Å²) in [5.74, 6) is 1.20. The Hall–Kier alpha value is -4.25. The van der Waals surface area contributed by atoms with Gasteiger partial charge in [0.1, 0.15) is 11.4 Å². The summed E-state index contributed by atoms with van der Waals surface area (Å²) in [6, 6.07) is 18.6. The van der Waals surface area contributed by atoms with Crippen molar-refractivity contribution in [3.63, 3.8) is 0 Å². The van der Waals surface area contributed by atoms with Crippen LogP contribution in [0.5, 0.6) is 5.75 Å². The molecule has 3 aromatic carbocycles. The van der Waals surface area contributed by atoms with Crippen molar-refractivity contribution in [2.45, 2.75) is 43.6 Å². The Kier molecular flexibility index (Phi) is 8.50. The Bertz CT molecular complexity index is 2160. The predicted molar refractivity (Wildman–Crippen MR) is 185 cm³/mol. The second kappa shape index (κ2) is 12.7. The van der Waals surface area contributed by atoms with Crippen molar-refractivity contribution in [1.82, 2.24) is 24.1 Å². The van der Waals surface area contributed by atoms with E-state index in [-0.39, 0.29) is 6.61 Å². The molecule has 6 aromatic rings. The lowest BCUT2D eigenvalue weighted by molar-refractivity contribution is 0.0589. The van der Waals surface area contributed by atoms with Gasteiger partial charge in [-0.3, -0.25) is 9.36 Å². The number of esters is 1. The highest BCUT2D eigenvalue weighted by Gasteiger charge is 2.28. The number of nitrogens with zero attached hydrogens (tertiary/aromatic N) is 5. The number of carbonyl (C=O) groups is 1. The lowest BCUT2D eigenvalue weighted by Gasteiger charge is -2.12. The highest BCUT2D eigenvalue weighted by molar-refractivity contribution is 7.98. The molecular formula is C36H36ClN5O4S. The zero-order valence-corrected chi connectivity index (χ0v) is 28.7. The van der Waals surface area contributed by atoms with E-state index in [9.17, 15) is 4.79 Å². The number of benzene rings is 3. The molecule has 0 unspecified atom stereocenters. The number of carbonyl (C=O) groups excluding carboxylic acids is 1. The minimum atomic E-state index is -0.395. The van der Waals surface area contributed by atoms with Gasteiger partial charge < -0.3 is 18.8 Å². The number of fused-ring (bicyclic) bond motifs is 8. The van der Waals surface area contributed by atoms with E-state index in [2.05, 4.69) is 30.3 Å². The van der Waals surface area contributed by atoms with E-state index < -0.39 is 5.97 Å². The highest BCUT2D eigenvalue weighted by atomic mass is 35.5. The van der Waals surface area contributed by atoms with Gasteiger partial charge in [0.25, 0.3) is 0 Å². The number of hydrogen-bond donors (Lipinski definition) is 0. The summed E-state index contributed by atoms with van der Waals surface area (Å²) in [6.07, 6.45) is 1.30. The number of hydrogen-bond acceptors (Lipinski definition) is 7. The quantitative estimate of drug-likeness (QED) is 0.167. The molecule has 9 nitrogen and oxygen atoms in total. The van der Waals surface area contributed by atoms with Gasteiger partial charge in [0.15, 0.2) is 0 Å². The third-order valence-electron chi connectivity index (χ3n) is 8.97. The summed E-state index contributed by atoms with van der Waals surface area (Å²) < 4.78 is 23.7. The molecule has 0 amide bonds. The second-order valence-corrected chi connectivity index (χ2v) is 13.3. The van der Waals surface area contributed by atoms with Crippen LogP contribution in [0.15, 0.2) is 59.5 Å². The molecule has 0 spiro atoms. The minimum absolute atomic E-state index is 0.267. The van der Waals surface area contributed by atoms with Crippen molar-refractivity contribution in [3.05, 3.63) is 93.7 Å². The Morgan fingerprint density at radius 3 is 2.64 bits per heavy atom. The number of ether oxygens (including phenoxy) is 3. The molecule has 0 atom stereocenters. The average Bonchev–Trinajstić information content (AvgIpc) is 3.66. The summed E-state index contributed by atoms with van der Waals surface area (Å²) in [5, 5.41) is 13.3. The molecule has 0 N–H and O–H groups in total. The van der Waals surface area contributed by atoms with Crippen LogP contribution in [0.1, 0.15) is 45.2 Å². The Morgan fingerprint density at radius 2 is 1.81 bits per heavy atom. The maximum atomic E-state index is 13.3. The molecule has 7 rings (SSSR count). The smallest absolute Gasteiger partial charge is 0.354 e. The summed E-state index contributed by atoms with van der Waals surface area (Å²) >= 11 is 8.76. The van der Waals surface area contributed by atoms with Crippen LogP contribution in [0, 0.1) is 6.92 Å². The largest absolute Gasteiger partial charge is 0.493 e. The molecule has 1 aliphatic heterocycles. The monoisotopic (exact) mass is 669 g/mol. The summed E-state index contributed by atoms with van der Waals surface area (Å²) in [7, 11) is 7.18. The molecule has 8 bridgehead atoms. The summed E-state index contributed by atoms with van der Waals surface area (Å²) in [6.45, 7) is 3.10. The van der Waals surface area contributed by atoms with Gasteiger partial charge in [-0.25, -0.2) is 4.79 Å². The van der Waals surface area contributed by atoms with Gasteiger partial charge in [-0.2, -0.15) is 10.2 Å². The van der Waals surface area contributed by atoms with E-state index in [1.807, 2.05) is 66.3 Å². The molecule has 4 heterocycles. The molecule has 0 fully saturated rings. The van der Waals surface area contributed by atoms with Crippen LogP contribution in [0.2, 0.25) is 5.02 Å². The third kappa shape index (κ3) is 5.68. The van der Waals surface area contributed by atoms with Crippen LogP contribution in [0.25, 0.3) is 32.8 Å². The lowest BCUT2D eigenvalue weighted by atomic mass is 9.98. The predicted octanol–water partition coefficient (Wildman–Crippen LogP) is 7.55. The van der Waals surface area contributed by atoms with Crippen LogP contribution in [0.3, 0.4) is 0 Å². The van der Waals surface area contributed by atoms with Gasteiger partial charge in [0, 0.05) is 65.1 Å². The molecule has 47 heavy (non-hydrogen) atoms. The molecule has 3 aromatic heterocycles. The van der Waals surface area contributed by atoms with Crippen LogP contribution in [-0.2, 0) is 56.0 Å². The Balaban J connectivity index is 1.37. The number of aromatic nitrogens is 5. The van der Waals surface area contributed by atoms with E-state index in [4.69, 9.17) is 36.0 Å². The van der Waals surface area contributed by atoms with Crippen LogP contribution in [-0.4, -0.2) is 43.8 Å². The van der Waals surface area contributed by atoms with Crippen LogP contribution >= 0.6 is 23.4 Å². The molecule has 0 saturated carbocycles. The third-order valence-corrected chi connectivity index (χ3v) is 10.3. The first kappa shape index (κ1) is 31.4. The molecule has 0 radical (unpaired) electrons. The van der Waals surface area contributed by atoms with E-state index in [1.165, 1.54) is 7.11 Å². The lowest BCUT2D eigenvalue weighted by Crippen LogP contribution is -2.11. The summed E-state index contributed by atoms with van der Waals surface area (Å²) in [5.41, 5.74) is 7.62. The van der Waals surface area contributed by atoms with E-state index in [0.717, 1.165) is 77.5 Å². The molecule has 1 aliphatic rings. The fourth-order valence-electron chi connectivity index (χ4n) is 6.62. The van der Waals surface area contributed by atoms with Crippen molar-refractivity contribution in [1.29, 1.82) is 0 Å². The van der Waals surface area contributed by atoms with Gasteiger partial charge in [-0.1, -0.05) is 41.9 Å². The van der Waals surface area contributed by atoms with E-state index in [1.54, 1.807) is 11.8 Å². The first-order valence-electron chi connectivity index (χ1n) is 15.5. The summed E-state index contributed by atoms with van der Waals surface area (Å²) in [4.78, 5) is 14.4. The average molecular weight is 670 g/mol. The number of methoxy groups -OCH3 is 1. The first-order chi connectivity index (χ1) is 22.7. The topological polar surface area (TPSA) is 85.3 Å². The molecular weight excluding hydrogens is 634 g/mol. The van der Waals surface area contributed by atoms with Crippen molar-refractivity contribution in [3.8, 4) is 16.9 Å². The first-order valence-corrected chi connectivity index (χ1v) is 16.9. The van der Waals surface area contributed by atoms with Crippen LogP contribution in [0.4, 0.5) is 0 Å². The van der Waals surface area contributed by atoms with E-state index >= 15 is 0 Å². The standard InChI is InChI=1S/C36H36ClN5O4S/c1-21-32-30(39-41(21)3)19-45-18-23-16-24(42(4)38-23)20-47-25-15-22-9-6-7-10-26(22)31(17-25)46-14-8-11-27-28-12-13-29(37)33(32)34(28)40(2)35(27)36(43)44-5/h6-7,9-10,12-13,15-17H,8,11,14,18-20H2,1-5H3. The zero-order valence-electron chi connectivity index (χ0n) is 27.1. The fourth-order valence-corrected chi connectivity index (χ4v) is 7.85. The van der Waals surface area contributed by atoms with Crippen molar-refractivity contribution >= 4 is 51.0 Å². The fraction of sp³-hybridized carbons (Fsp3) is 0.306. The van der Waals surface area contributed by atoms with Gasteiger partial charge in [0.2, 0.25) is 0 Å². The van der Waals surface area contributed by atoms with Gasteiger partial charge in [0.05, 0.1) is 48.9 Å². The number of halogens is 1. The van der Waals surface area contributed by atoms with Gasteiger partial charge in [-0.15, -0.1) is 11.8 Å². The minimum Gasteiger partial charge on any atom is -0.493 e. The number of rotatable bonds is 1. The maximum absolute atomic E-state index is 13.3. The Morgan fingerprint density at radius 1 is 0.979 bits per heavy atom. The SMILES string of the molecule is COC(=O)c1c2c3ccc(Cl)c(c3n1C)-c1c(nn(C)c1C)COCc1cc(n(C)n1)CSc1cc(c3ccccc3c1)OCCC2. The molecule has 0 aliphatic carbocycles. The number of thioether (sulfide) groups is 1. The van der Waals surface area contributed by atoms with Crippen molar-refractivity contribution in [2.24, 2.45) is 21.1 Å². The normalized spacial score (nSPS) is 14.2. The molecule has 0 saturated heterocycles. The zero-order chi connectivity index (χ0) is 32.8. The molecule has 11 heteroatoms. The molecule has 242 valence electrons. The van der Waals surface area contributed by atoms with Gasteiger partial charge >= 0.3 is 5.97 Å².